The summed E-state index contributed by atoms with van der Waals surface area (Å²) in [6.07, 6.45) is 3.31. The third-order valence-electron chi connectivity index (χ3n) is 2.94. The number of nitrogens with zero attached hydrogens (tertiary/aromatic N) is 4. The zero-order valence-corrected chi connectivity index (χ0v) is 14.3. The summed E-state index contributed by atoms with van der Waals surface area (Å²) in [5, 5.41) is 16.2. The number of anilines is 1. The Morgan fingerprint density at radius 2 is 1.83 bits per heavy atom. The van der Waals surface area contributed by atoms with E-state index in [1.807, 2.05) is 59.0 Å². The van der Waals surface area contributed by atoms with Gasteiger partial charge in [0.15, 0.2) is 0 Å². The minimum absolute atomic E-state index is 0.550. The summed E-state index contributed by atoms with van der Waals surface area (Å²) in [7, 11) is 1.87. The molecular formula is C18H23N5. The second-order valence-electron chi connectivity index (χ2n) is 4.09. The number of aromatic nitrogens is 3. The number of hydrogen-bond donors (Lipinski definition) is 1. The summed E-state index contributed by atoms with van der Waals surface area (Å²) < 4.78 is 1.78. The van der Waals surface area contributed by atoms with E-state index in [1.54, 1.807) is 23.0 Å². The normalized spacial score (nSPS) is 9.04. The van der Waals surface area contributed by atoms with Crippen LogP contribution in [0, 0.1) is 11.3 Å². The van der Waals surface area contributed by atoms with Crippen molar-refractivity contribution in [2.24, 2.45) is 0 Å². The third kappa shape index (κ3) is 4.07. The van der Waals surface area contributed by atoms with Gasteiger partial charge in [-0.3, -0.25) is 4.98 Å². The van der Waals surface area contributed by atoms with Crippen LogP contribution < -0.4 is 5.32 Å². The molecule has 0 aliphatic carbocycles. The number of nitrogens with one attached hydrogen (secondary N) is 1. The minimum Gasteiger partial charge on any atom is -0.388 e. The van der Waals surface area contributed by atoms with Crippen molar-refractivity contribution in [3.05, 3.63) is 48.3 Å². The SMILES string of the molecule is CC.CC.CNc1ccnc(-c2ccc3cc(C#N)cnn23)c1. The molecule has 0 fully saturated rings. The molecule has 0 aliphatic rings. The van der Waals surface area contributed by atoms with Crippen molar-refractivity contribution in [2.45, 2.75) is 27.7 Å². The van der Waals surface area contributed by atoms with Gasteiger partial charge in [0.05, 0.1) is 28.7 Å². The first-order valence-corrected chi connectivity index (χ1v) is 7.84. The van der Waals surface area contributed by atoms with Crippen LogP contribution in [0.4, 0.5) is 5.69 Å². The maximum atomic E-state index is 8.87. The van der Waals surface area contributed by atoms with Crippen LogP contribution >= 0.6 is 0 Å². The smallest absolute Gasteiger partial charge is 0.101 e. The molecule has 120 valence electrons. The molecular weight excluding hydrogens is 286 g/mol. The standard InChI is InChI=1S/C14H11N5.2C2H6/c1-16-11-4-5-17-13(7-11)14-3-2-12-6-10(8-15)9-18-19(12)14;2*1-2/h2-7,9H,1H3,(H,16,17);2*1-2H3. The van der Waals surface area contributed by atoms with Crippen LogP contribution in [0.1, 0.15) is 33.3 Å². The highest BCUT2D eigenvalue weighted by Gasteiger charge is 2.08. The van der Waals surface area contributed by atoms with E-state index >= 15 is 0 Å². The van der Waals surface area contributed by atoms with E-state index in [1.165, 1.54) is 0 Å². The van der Waals surface area contributed by atoms with E-state index in [4.69, 9.17) is 5.26 Å². The summed E-state index contributed by atoms with van der Waals surface area (Å²) in [5.41, 5.74) is 4.16. The van der Waals surface area contributed by atoms with E-state index in [2.05, 4.69) is 21.5 Å². The molecule has 3 aromatic heterocycles. The molecule has 3 aromatic rings. The van der Waals surface area contributed by atoms with Crippen LogP contribution in [0.5, 0.6) is 0 Å². The minimum atomic E-state index is 0.550. The van der Waals surface area contributed by atoms with E-state index < -0.39 is 0 Å². The largest absolute Gasteiger partial charge is 0.388 e. The first kappa shape index (κ1) is 18.2. The summed E-state index contributed by atoms with van der Waals surface area (Å²) in [6, 6.07) is 11.6. The lowest BCUT2D eigenvalue weighted by molar-refractivity contribution is 0.939. The van der Waals surface area contributed by atoms with Gasteiger partial charge in [-0.05, 0) is 30.3 Å². The molecule has 0 radical (unpaired) electrons. The van der Waals surface area contributed by atoms with Gasteiger partial charge in [0, 0.05) is 18.9 Å². The Bertz CT molecular complexity index is 783. The predicted octanol–water partition coefficient (Wildman–Crippen LogP) is 4.36. The fourth-order valence-corrected chi connectivity index (χ4v) is 1.98. The first-order chi connectivity index (χ1) is 11.3. The molecule has 1 N–H and O–H groups in total. The highest BCUT2D eigenvalue weighted by atomic mass is 15.2. The van der Waals surface area contributed by atoms with Crippen LogP contribution in [0.2, 0.25) is 0 Å². The number of fused-ring (bicyclic) bond motifs is 1. The van der Waals surface area contributed by atoms with Crippen molar-refractivity contribution < 1.29 is 0 Å². The lowest BCUT2D eigenvalue weighted by Crippen LogP contribution is -1.96. The highest BCUT2D eigenvalue weighted by Crippen LogP contribution is 2.22. The molecule has 0 saturated heterocycles. The van der Waals surface area contributed by atoms with Gasteiger partial charge in [-0.25, -0.2) is 4.52 Å². The molecule has 0 spiro atoms. The van der Waals surface area contributed by atoms with Gasteiger partial charge in [-0.2, -0.15) is 10.4 Å². The molecule has 5 heteroatoms. The Kier molecular flexibility index (Phi) is 7.28. The number of hydrogen-bond acceptors (Lipinski definition) is 4. The summed E-state index contributed by atoms with van der Waals surface area (Å²) in [4.78, 5) is 4.36. The summed E-state index contributed by atoms with van der Waals surface area (Å²) in [5.74, 6) is 0. The Morgan fingerprint density at radius 3 is 2.48 bits per heavy atom. The van der Waals surface area contributed by atoms with Gasteiger partial charge >= 0.3 is 0 Å². The molecule has 0 amide bonds. The Hall–Kier alpha value is -2.87. The summed E-state index contributed by atoms with van der Waals surface area (Å²) in [6.45, 7) is 8.00. The molecule has 3 rings (SSSR count). The Morgan fingerprint density at radius 1 is 1.09 bits per heavy atom. The van der Waals surface area contributed by atoms with Crippen molar-refractivity contribution >= 4 is 11.2 Å². The zero-order valence-electron chi connectivity index (χ0n) is 14.3. The van der Waals surface area contributed by atoms with Crippen molar-refractivity contribution in [3.63, 3.8) is 0 Å². The molecule has 0 aliphatic heterocycles. The van der Waals surface area contributed by atoms with Crippen LogP contribution in [0.3, 0.4) is 0 Å². The zero-order chi connectivity index (χ0) is 17.2. The molecule has 0 aromatic carbocycles. The quantitative estimate of drug-likeness (QED) is 0.763. The highest BCUT2D eigenvalue weighted by molar-refractivity contribution is 5.67. The van der Waals surface area contributed by atoms with Gasteiger partial charge in [0.25, 0.3) is 0 Å². The fourth-order valence-electron chi connectivity index (χ4n) is 1.98. The van der Waals surface area contributed by atoms with Gasteiger partial charge in [0.1, 0.15) is 6.07 Å². The average molecular weight is 309 g/mol. The van der Waals surface area contributed by atoms with Crippen LogP contribution in [0.25, 0.3) is 16.9 Å². The van der Waals surface area contributed by atoms with Crippen molar-refractivity contribution in [1.82, 2.24) is 14.6 Å². The molecule has 0 saturated carbocycles. The van der Waals surface area contributed by atoms with E-state index in [0.29, 0.717) is 5.56 Å². The second kappa shape index (κ2) is 9.21. The third-order valence-corrected chi connectivity index (χ3v) is 2.94. The lowest BCUT2D eigenvalue weighted by atomic mass is 10.2. The van der Waals surface area contributed by atoms with Gasteiger partial charge < -0.3 is 5.32 Å². The number of nitriles is 1. The topological polar surface area (TPSA) is 66.0 Å². The predicted molar refractivity (Wildman–Crippen MR) is 95.4 cm³/mol. The Labute approximate surface area is 137 Å². The first-order valence-electron chi connectivity index (χ1n) is 7.84. The lowest BCUT2D eigenvalue weighted by Gasteiger charge is -2.04. The van der Waals surface area contributed by atoms with Crippen LogP contribution in [-0.2, 0) is 0 Å². The average Bonchev–Trinajstić information content (AvgIpc) is 3.08. The number of rotatable bonds is 2. The van der Waals surface area contributed by atoms with Crippen molar-refractivity contribution in [2.75, 3.05) is 12.4 Å². The molecule has 5 nitrogen and oxygen atoms in total. The fraction of sp³-hybridized carbons (Fsp3) is 0.278. The van der Waals surface area contributed by atoms with Crippen molar-refractivity contribution in [3.8, 4) is 17.5 Å². The van der Waals surface area contributed by atoms with E-state index in [9.17, 15) is 0 Å². The van der Waals surface area contributed by atoms with Gasteiger partial charge in [-0.15, -0.1) is 0 Å². The van der Waals surface area contributed by atoms with E-state index in [-0.39, 0.29) is 0 Å². The molecule has 0 unspecified atom stereocenters. The monoisotopic (exact) mass is 309 g/mol. The maximum Gasteiger partial charge on any atom is 0.101 e. The van der Waals surface area contributed by atoms with Gasteiger partial charge in [-0.1, -0.05) is 27.7 Å². The van der Waals surface area contributed by atoms with Crippen LogP contribution in [-0.4, -0.2) is 21.6 Å². The van der Waals surface area contributed by atoms with Crippen LogP contribution in [0.15, 0.2) is 42.7 Å². The molecule has 0 atom stereocenters. The van der Waals surface area contributed by atoms with Gasteiger partial charge in [0.2, 0.25) is 0 Å². The number of pyridine rings is 1. The Balaban J connectivity index is 0.000000615. The summed E-state index contributed by atoms with van der Waals surface area (Å²) >= 11 is 0. The maximum absolute atomic E-state index is 8.87. The second-order valence-corrected chi connectivity index (χ2v) is 4.09. The van der Waals surface area contributed by atoms with Crippen molar-refractivity contribution in [1.29, 1.82) is 5.26 Å². The molecule has 23 heavy (non-hydrogen) atoms. The molecule has 3 heterocycles. The van der Waals surface area contributed by atoms with E-state index in [0.717, 1.165) is 22.6 Å². The molecule has 0 bridgehead atoms.